The molecule has 0 aliphatic heterocycles. The zero-order chi connectivity index (χ0) is 17.6. The fourth-order valence-electron chi connectivity index (χ4n) is 2.65. The highest BCUT2D eigenvalue weighted by Gasteiger charge is 2.26. The van der Waals surface area contributed by atoms with Gasteiger partial charge in [0.25, 0.3) is 0 Å². The molecule has 1 aromatic rings. The molecule has 1 aliphatic carbocycles. The summed E-state index contributed by atoms with van der Waals surface area (Å²) in [6.45, 7) is 5.95. The van der Waals surface area contributed by atoms with Crippen LogP contribution in [0.15, 0.2) is 30.3 Å². The molecule has 0 bridgehead atoms. The van der Waals surface area contributed by atoms with E-state index in [9.17, 15) is 9.90 Å². The highest BCUT2D eigenvalue weighted by atomic mass is 16.6. The Labute approximate surface area is 144 Å². The van der Waals surface area contributed by atoms with E-state index in [0.29, 0.717) is 19.0 Å². The summed E-state index contributed by atoms with van der Waals surface area (Å²) in [4.78, 5) is 12.1. The Kier molecular flexibility index (Phi) is 6.63. The molecule has 3 N–H and O–H groups in total. The van der Waals surface area contributed by atoms with Gasteiger partial charge in [0.2, 0.25) is 0 Å². The molecule has 0 spiro atoms. The molecule has 0 unspecified atom stereocenters. The first-order valence-corrected chi connectivity index (χ1v) is 8.78. The number of hydrogen-bond acceptors (Lipinski definition) is 4. The highest BCUT2D eigenvalue weighted by Crippen LogP contribution is 2.18. The maximum atomic E-state index is 12.1. The number of nitrogens with one attached hydrogen (secondary N) is 2. The van der Waals surface area contributed by atoms with Crippen LogP contribution in [-0.2, 0) is 11.2 Å². The predicted octanol–water partition coefficient (Wildman–Crippen LogP) is 2.63. The number of aliphatic hydroxyl groups excluding tert-OH is 1. The average Bonchev–Trinajstić information content (AvgIpc) is 2.44. The van der Waals surface area contributed by atoms with Crippen molar-refractivity contribution in [3.05, 3.63) is 35.9 Å². The third-order valence-electron chi connectivity index (χ3n) is 4.19. The molecule has 1 fully saturated rings. The highest BCUT2D eigenvalue weighted by molar-refractivity contribution is 5.68. The van der Waals surface area contributed by atoms with E-state index in [1.807, 2.05) is 51.1 Å². The van der Waals surface area contributed by atoms with Gasteiger partial charge in [-0.3, -0.25) is 0 Å². The Bertz CT molecular complexity index is 509. The summed E-state index contributed by atoms with van der Waals surface area (Å²) in [5, 5.41) is 16.7. The minimum Gasteiger partial charge on any atom is -0.444 e. The molecule has 5 heteroatoms. The minimum atomic E-state index is -0.668. The first-order valence-electron chi connectivity index (χ1n) is 8.78. The summed E-state index contributed by atoms with van der Waals surface area (Å²) in [5.74, 6) is 0. The van der Waals surface area contributed by atoms with Crippen LogP contribution >= 0.6 is 0 Å². The summed E-state index contributed by atoms with van der Waals surface area (Å²) in [6.07, 6.45) is 2.97. The molecule has 24 heavy (non-hydrogen) atoms. The molecule has 2 atom stereocenters. The van der Waals surface area contributed by atoms with Crippen molar-refractivity contribution >= 4 is 6.09 Å². The van der Waals surface area contributed by atoms with Gasteiger partial charge in [-0.2, -0.15) is 0 Å². The van der Waals surface area contributed by atoms with Crippen LogP contribution in [0.3, 0.4) is 0 Å². The van der Waals surface area contributed by atoms with Crippen LogP contribution in [0.25, 0.3) is 0 Å². The van der Waals surface area contributed by atoms with Gasteiger partial charge < -0.3 is 20.5 Å². The molecule has 0 saturated heterocycles. The maximum Gasteiger partial charge on any atom is 0.407 e. The van der Waals surface area contributed by atoms with E-state index in [-0.39, 0.29) is 0 Å². The van der Waals surface area contributed by atoms with Crippen molar-refractivity contribution in [2.24, 2.45) is 0 Å². The number of carbonyl (C=O) groups excluding carboxylic acids is 1. The molecule has 1 aromatic carbocycles. The van der Waals surface area contributed by atoms with Crippen LogP contribution in [0.2, 0.25) is 0 Å². The number of ether oxygens (including phenoxy) is 1. The van der Waals surface area contributed by atoms with E-state index in [1.165, 1.54) is 6.42 Å². The van der Waals surface area contributed by atoms with Gasteiger partial charge in [-0.05, 0) is 45.6 Å². The van der Waals surface area contributed by atoms with Crippen molar-refractivity contribution in [1.29, 1.82) is 0 Å². The van der Waals surface area contributed by atoms with Crippen LogP contribution in [0, 0.1) is 0 Å². The maximum absolute atomic E-state index is 12.1. The van der Waals surface area contributed by atoms with Crippen molar-refractivity contribution in [3.8, 4) is 0 Å². The average molecular weight is 334 g/mol. The van der Waals surface area contributed by atoms with E-state index in [1.54, 1.807) is 0 Å². The van der Waals surface area contributed by atoms with Crippen LogP contribution in [0.4, 0.5) is 4.79 Å². The third kappa shape index (κ3) is 6.49. The van der Waals surface area contributed by atoms with Gasteiger partial charge in [0.1, 0.15) is 5.60 Å². The zero-order valence-corrected chi connectivity index (χ0v) is 14.9. The smallest absolute Gasteiger partial charge is 0.407 e. The van der Waals surface area contributed by atoms with Gasteiger partial charge in [0.05, 0.1) is 12.1 Å². The molecule has 1 amide bonds. The fourth-order valence-corrected chi connectivity index (χ4v) is 2.65. The van der Waals surface area contributed by atoms with Crippen LogP contribution in [-0.4, -0.2) is 41.5 Å². The number of aliphatic hydroxyl groups is 1. The quantitative estimate of drug-likeness (QED) is 0.717. The number of benzene rings is 1. The first kappa shape index (κ1) is 18.7. The Hall–Kier alpha value is -1.59. The second-order valence-electron chi connectivity index (χ2n) is 7.55. The fraction of sp³-hybridized carbons (Fsp3) is 0.632. The Morgan fingerprint density at radius 2 is 1.96 bits per heavy atom. The first-order chi connectivity index (χ1) is 11.3. The molecule has 5 nitrogen and oxygen atoms in total. The molecular weight excluding hydrogens is 304 g/mol. The molecule has 0 heterocycles. The predicted molar refractivity (Wildman–Crippen MR) is 95.0 cm³/mol. The van der Waals surface area contributed by atoms with Crippen molar-refractivity contribution in [2.45, 2.75) is 70.2 Å². The summed E-state index contributed by atoms with van der Waals surface area (Å²) in [7, 11) is 0. The Morgan fingerprint density at radius 1 is 1.29 bits per heavy atom. The van der Waals surface area contributed by atoms with Crippen molar-refractivity contribution in [3.63, 3.8) is 0 Å². The minimum absolute atomic E-state index is 0.394. The van der Waals surface area contributed by atoms with Crippen molar-refractivity contribution in [2.75, 3.05) is 6.54 Å². The SMILES string of the molecule is CC(C)(C)OC(=O)N[C@@H](Cc1ccccc1)[C@@H](O)CNC1CCC1. The monoisotopic (exact) mass is 334 g/mol. The summed E-state index contributed by atoms with van der Waals surface area (Å²) >= 11 is 0. The molecule has 134 valence electrons. The van der Waals surface area contributed by atoms with Gasteiger partial charge >= 0.3 is 6.09 Å². The van der Waals surface area contributed by atoms with E-state index in [2.05, 4.69) is 10.6 Å². The van der Waals surface area contributed by atoms with E-state index >= 15 is 0 Å². The summed E-state index contributed by atoms with van der Waals surface area (Å²) < 4.78 is 5.33. The van der Waals surface area contributed by atoms with Crippen molar-refractivity contribution in [1.82, 2.24) is 10.6 Å². The lowest BCUT2D eigenvalue weighted by Crippen LogP contribution is -2.51. The largest absolute Gasteiger partial charge is 0.444 e. The summed E-state index contributed by atoms with van der Waals surface area (Å²) in [5.41, 5.74) is 0.512. The second kappa shape index (κ2) is 8.49. The zero-order valence-electron chi connectivity index (χ0n) is 14.9. The van der Waals surface area contributed by atoms with Crippen molar-refractivity contribution < 1.29 is 14.6 Å². The normalized spacial score (nSPS) is 17.7. The van der Waals surface area contributed by atoms with Crippen LogP contribution in [0.1, 0.15) is 45.6 Å². The molecule has 0 aromatic heterocycles. The van der Waals surface area contributed by atoms with Gasteiger partial charge in [0, 0.05) is 12.6 Å². The van der Waals surface area contributed by atoms with E-state index in [4.69, 9.17) is 4.74 Å². The van der Waals surface area contributed by atoms with Gasteiger partial charge in [-0.25, -0.2) is 4.79 Å². The van der Waals surface area contributed by atoms with Crippen LogP contribution in [0.5, 0.6) is 0 Å². The number of amides is 1. The lowest BCUT2D eigenvalue weighted by atomic mass is 9.92. The van der Waals surface area contributed by atoms with Gasteiger partial charge in [-0.15, -0.1) is 0 Å². The molecule has 2 rings (SSSR count). The van der Waals surface area contributed by atoms with Crippen LogP contribution < -0.4 is 10.6 Å². The second-order valence-corrected chi connectivity index (χ2v) is 7.55. The number of carbonyl (C=O) groups is 1. The number of hydrogen-bond donors (Lipinski definition) is 3. The van der Waals surface area contributed by atoms with Gasteiger partial charge in [0.15, 0.2) is 0 Å². The lowest BCUT2D eigenvalue weighted by molar-refractivity contribution is 0.0417. The number of rotatable bonds is 7. The molecule has 1 saturated carbocycles. The molecular formula is C19H30N2O3. The molecule has 1 aliphatic rings. The standard InChI is InChI=1S/C19H30N2O3/c1-19(2,3)24-18(23)21-16(12-14-8-5-4-6-9-14)17(22)13-20-15-10-7-11-15/h4-6,8-9,15-17,20,22H,7,10-13H2,1-3H3,(H,21,23)/t16-,17-/m0/s1. The summed E-state index contributed by atoms with van der Waals surface area (Å²) in [6, 6.07) is 9.96. The number of alkyl carbamates (subject to hydrolysis) is 1. The lowest BCUT2D eigenvalue weighted by Gasteiger charge is -2.31. The Morgan fingerprint density at radius 3 is 2.50 bits per heavy atom. The van der Waals surface area contributed by atoms with E-state index < -0.39 is 23.8 Å². The molecule has 0 radical (unpaired) electrons. The van der Waals surface area contributed by atoms with E-state index in [0.717, 1.165) is 18.4 Å². The Balaban J connectivity index is 1.95. The topological polar surface area (TPSA) is 70.6 Å². The van der Waals surface area contributed by atoms with Gasteiger partial charge in [-0.1, -0.05) is 36.8 Å². The third-order valence-corrected chi connectivity index (χ3v) is 4.19.